The molecule has 0 aliphatic carbocycles. The molecule has 184 valence electrons. The summed E-state index contributed by atoms with van der Waals surface area (Å²) in [5.41, 5.74) is 2.94. The maximum Gasteiger partial charge on any atom is 0.313 e. The number of carbonyl (C=O) groups excluding carboxylic acids is 3. The third kappa shape index (κ3) is 7.08. The average Bonchev–Trinajstić information content (AvgIpc) is 3.32. The zero-order chi connectivity index (χ0) is 26.1. The Morgan fingerprint density at radius 3 is 2.28 bits per heavy atom. The van der Waals surface area contributed by atoms with Crippen LogP contribution in [0.4, 0.5) is 11.4 Å². The standard InChI is InChI=1S/C27H26N4O5/c1-4-35-22-9-7-20(8-10-22)30-25(32)19(15-28)14-23-11-12-24(36-23)16-29-26(33)27(34)31-21-6-5-17(2)18(3)13-21/h5-14H,4,16H2,1-3H3,(H,29,33)(H,30,32)(H,31,34)/b19-14-. The highest BCUT2D eigenvalue weighted by molar-refractivity contribution is 6.39. The largest absolute Gasteiger partial charge is 0.494 e. The zero-order valence-corrected chi connectivity index (χ0v) is 20.2. The summed E-state index contributed by atoms with van der Waals surface area (Å²) in [6.07, 6.45) is 1.29. The Morgan fingerprint density at radius 1 is 0.917 bits per heavy atom. The van der Waals surface area contributed by atoms with Crippen LogP contribution < -0.4 is 20.7 Å². The van der Waals surface area contributed by atoms with Crippen molar-refractivity contribution in [2.24, 2.45) is 0 Å². The van der Waals surface area contributed by atoms with Gasteiger partial charge in [0.1, 0.15) is 28.9 Å². The average molecular weight is 487 g/mol. The lowest BCUT2D eigenvalue weighted by Crippen LogP contribution is -2.34. The first-order valence-corrected chi connectivity index (χ1v) is 11.2. The van der Waals surface area contributed by atoms with Crippen LogP contribution in [0.5, 0.6) is 5.75 Å². The molecule has 9 heteroatoms. The van der Waals surface area contributed by atoms with Crippen molar-refractivity contribution < 1.29 is 23.5 Å². The summed E-state index contributed by atoms with van der Waals surface area (Å²) >= 11 is 0. The van der Waals surface area contributed by atoms with Gasteiger partial charge in [-0.05, 0) is 80.4 Å². The van der Waals surface area contributed by atoms with Gasteiger partial charge in [-0.2, -0.15) is 5.26 Å². The van der Waals surface area contributed by atoms with E-state index in [2.05, 4.69) is 16.0 Å². The number of ether oxygens (including phenoxy) is 1. The number of amides is 3. The Bertz CT molecular complexity index is 1330. The number of nitriles is 1. The molecule has 0 saturated heterocycles. The second-order valence-electron chi connectivity index (χ2n) is 7.82. The molecule has 36 heavy (non-hydrogen) atoms. The first-order chi connectivity index (χ1) is 17.3. The maximum atomic E-state index is 12.5. The topological polar surface area (TPSA) is 133 Å². The van der Waals surface area contributed by atoms with Gasteiger partial charge in [-0.15, -0.1) is 0 Å². The number of carbonyl (C=O) groups is 3. The highest BCUT2D eigenvalue weighted by Crippen LogP contribution is 2.18. The van der Waals surface area contributed by atoms with Crippen molar-refractivity contribution >= 4 is 35.2 Å². The van der Waals surface area contributed by atoms with Crippen LogP contribution in [0.3, 0.4) is 0 Å². The van der Waals surface area contributed by atoms with Gasteiger partial charge in [0.15, 0.2) is 0 Å². The smallest absolute Gasteiger partial charge is 0.313 e. The fourth-order valence-electron chi connectivity index (χ4n) is 3.11. The number of aryl methyl sites for hydroxylation is 2. The van der Waals surface area contributed by atoms with E-state index in [1.54, 1.807) is 48.5 Å². The number of hydrogen-bond acceptors (Lipinski definition) is 6. The Balaban J connectivity index is 1.55. The van der Waals surface area contributed by atoms with E-state index < -0.39 is 17.7 Å². The fourth-order valence-corrected chi connectivity index (χ4v) is 3.11. The molecule has 0 atom stereocenters. The third-order valence-corrected chi connectivity index (χ3v) is 5.15. The summed E-state index contributed by atoms with van der Waals surface area (Å²) in [6.45, 7) is 6.22. The fraction of sp³-hybridized carbons (Fsp3) is 0.185. The molecule has 0 spiro atoms. The highest BCUT2D eigenvalue weighted by atomic mass is 16.5. The third-order valence-electron chi connectivity index (χ3n) is 5.15. The van der Waals surface area contributed by atoms with Gasteiger partial charge in [0.25, 0.3) is 5.91 Å². The van der Waals surface area contributed by atoms with Crippen molar-refractivity contribution in [2.75, 3.05) is 17.2 Å². The van der Waals surface area contributed by atoms with Gasteiger partial charge in [-0.25, -0.2) is 0 Å². The lowest BCUT2D eigenvalue weighted by atomic mass is 10.1. The number of hydrogen-bond donors (Lipinski definition) is 3. The normalized spacial score (nSPS) is 10.8. The molecule has 0 bridgehead atoms. The first-order valence-electron chi connectivity index (χ1n) is 11.2. The molecule has 0 aliphatic heterocycles. The van der Waals surface area contributed by atoms with Crippen LogP contribution in [0.25, 0.3) is 6.08 Å². The van der Waals surface area contributed by atoms with Crippen LogP contribution in [-0.2, 0) is 20.9 Å². The number of benzene rings is 2. The number of rotatable bonds is 8. The van der Waals surface area contributed by atoms with Crippen molar-refractivity contribution in [1.82, 2.24) is 5.32 Å². The summed E-state index contributed by atoms with van der Waals surface area (Å²) in [4.78, 5) is 36.8. The minimum atomic E-state index is -0.825. The molecule has 0 unspecified atom stereocenters. The first kappa shape index (κ1) is 25.8. The summed E-state index contributed by atoms with van der Waals surface area (Å²) in [6, 6.07) is 17.1. The van der Waals surface area contributed by atoms with Crippen LogP contribution in [0.2, 0.25) is 0 Å². The SMILES string of the molecule is CCOc1ccc(NC(=O)/C(C#N)=C\c2ccc(CNC(=O)C(=O)Nc3ccc(C)c(C)c3)o2)cc1. The summed E-state index contributed by atoms with van der Waals surface area (Å²) in [5.74, 6) is -0.966. The Morgan fingerprint density at radius 2 is 1.61 bits per heavy atom. The van der Waals surface area contributed by atoms with E-state index in [4.69, 9.17) is 9.15 Å². The van der Waals surface area contributed by atoms with Crippen LogP contribution in [0, 0.1) is 25.2 Å². The molecule has 3 rings (SSSR count). The predicted octanol–water partition coefficient (Wildman–Crippen LogP) is 4.10. The van der Waals surface area contributed by atoms with Crippen molar-refractivity contribution in [2.45, 2.75) is 27.3 Å². The quantitative estimate of drug-likeness (QED) is 0.249. The van der Waals surface area contributed by atoms with Gasteiger partial charge in [-0.3, -0.25) is 14.4 Å². The van der Waals surface area contributed by atoms with Gasteiger partial charge in [0.05, 0.1) is 13.2 Å². The van der Waals surface area contributed by atoms with Crippen LogP contribution >= 0.6 is 0 Å². The highest BCUT2D eigenvalue weighted by Gasteiger charge is 2.15. The molecule has 3 N–H and O–H groups in total. The molecule has 1 aromatic heterocycles. The molecule has 0 radical (unpaired) electrons. The minimum Gasteiger partial charge on any atom is -0.494 e. The predicted molar refractivity (Wildman–Crippen MR) is 135 cm³/mol. The second kappa shape index (κ2) is 12.0. The molecule has 3 amide bonds. The lowest BCUT2D eigenvalue weighted by molar-refractivity contribution is -0.136. The van der Waals surface area contributed by atoms with Gasteiger partial charge < -0.3 is 25.1 Å². The maximum absolute atomic E-state index is 12.5. The van der Waals surface area contributed by atoms with Crippen molar-refractivity contribution in [3.8, 4) is 11.8 Å². The molecule has 0 aliphatic rings. The van der Waals surface area contributed by atoms with Crippen molar-refractivity contribution in [3.63, 3.8) is 0 Å². The van der Waals surface area contributed by atoms with E-state index in [1.165, 1.54) is 6.08 Å². The van der Waals surface area contributed by atoms with Crippen LogP contribution in [-0.4, -0.2) is 24.3 Å². The molecular weight excluding hydrogens is 460 g/mol. The van der Waals surface area contributed by atoms with Crippen molar-refractivity contribution in [3.05, 3.63) is 82.8 Å². The van der Waals surface area contributed by atoms with Crippen LogP contribution in [0.1, 0.15) is 29.6 Å². The summed E-state index contributed by atoms with van der Waals surface area (Å²) < 4.78 is 10.9. The van der Waals surface area contributed by atoms with Gasteiger partial charge in [0, 0.05) is 17.5 Å². The molecule has 2 aromatic carbocycles. The van der Waals surface area contributed by atoms with E-state index >= 15 is 0 Å². The van der Waals surface area contributed by atoms with Crippen molar-refractivity contribution in [1.29, 1.82) is 5.26 Å². The number of anilines is 2. The van der Waals surface area contributed by atoms with Gasteiger partial charge in [0.2, 0.25) is 0 Å². The van der Waals surface area contributed by atoms with E-state index in [0.29, 0.717) is 29.5 Å². The number of nitrogens with one attached hydrogen (secondary N) is 3. The zero-order valence-electron chi connectivity index (χ0n) is 20.2. The summed E-state index contributed by atoms with van der Waals surface area (Å²) in [7, 11) is 0. The minimum absolute atomic E-state index is 0.0483. The monoisotopic (exact) mass is 486 g/mol. The van der Waals surface area contributed by atoms with E-state index in [-0.39, 0.29) is 17.9 Å². The van der Waals surface area contributed by atoms with Gasteiger partial charge in [-0.1, -0.05) is 6.07 Å². The summed E-state index contributed by atoms with van der Waals surface area (Å²) in [5, 5.41) is 17.1. The Labute approximate surface area is 208 Å². The molecule has 9 nitrogen and oxygen atoms in total. The molecule has 0 fully saturated rings. The molecular formula is C27H26N4O5. The second-order valence-corrected chi connectivity index (χ2v) is 7.82. The molecule has 3 aromatic rings. The molecule has 1 heterocycles. The van der Waals surface area contributed by atoms with E-state index in [9.17, 15) is 19.6 Å². The van der Waals surface area contributed by atoms with E-state index in [0.717, 1.165) is 11.1 Å². The Hall–Kier alpha value is -4.84. The van der Waals surface area contributed by atoms with Gasteiger partial charge >= 0.3 is 11.8 Å². The van der Waals surface area contributed by atoms with E-state index in [1.807, 2.05) is 32.9 Å². The number of nitrogens with zero attached hydrogens (tertiary/aromatic N) is 1. The van der Waals surface area contributed by atoms with Crippen LogP contribution in [0.15, 0.2) is 64.6 Å². The molecule has 0 saturated carbocycles. The number of furan rings is 1. The Kier molecular flexibility index (Phi) is 8.62. The lowest BCUT2D eigenvalue weighted by Gasteiger charge is -2.07.